The van der Waals surface area contributed by atoms with E-state index in [9.17, 15) is 9.59 Å². The van der Waals surface area contributed by atoms with Crippen LogP contribution in [0.25, 0.3) is 0 Å². The minimum Gasteiger partial charge on any atom is -0.330 e. The molecule has 2 aliphatic heterocycles. The summed E-state index contributed by atoms with van der Waals surface area (Å²) in [5.74, 6) is 1.29. The first kappa shape index (κ1) is 24.9. The van der Waals surface area contributed by atoms with Crippen molar-refractivity contribution >= 4 is 11.7 Å². The number of rotatable bonds is 6. The topological polar surface area (TPSA) is 67.2 Å². The molecule has 0 spiro atoms. The molecule has 4 rings (SSSR count). The number of hydrogen-bond donors (Lipinski definition) is 1. The quantitative estimate of drug-likeness (QED) is 0.529. The maximum absolute atomic E-state index is 12.3. The third-order valence-electron chi connectivity index (χ3n) is 6.40. The van der Waals surface area contributed by atoms with Crippen molar-refractivity contribution in [3.05, 3.63) is 65.3 Å². The lowest BCUT2D eigenvalue weighted by molar-refractivity contribution is -0.127. The van der Waals surface area contributed by atoms with Crippen LogP contribution in [-0.2, 0) is 30.7 Å². The summed E-state index contributed by atoms with van der Waals surface area (Å²) in [4.78, 5) is 29.9. The smallest absolute Gasteiger partial charge is 0.246 e. The summed E-state index contributed by atoms with van der Waals surface area (Å²) in [7, 11) is 0. The van der Waals surface area contributed by atoms with Gasteiger partial charge in [0.25, 0.3) is 0 Å². The van der Waals surface area contributed by atoms with E-state index < -0.39 is 0 Å². The SMILES string of the molecule is CC(=O)c1cnc2n1CCN(C(=O)/C=C/C1CCCNC1)C2.CCCc1ccccc1CC. The summed E-state index contributed by atoms with van der Waals surface area (Å²) in [6, 6.07) is 8.72. The average Bonchev–Trinajstić information content (AvgIpc) is 3.28. The molecule has 1 fully saturated rings. The third-order valence-corrected chi connectivity index (χ3v) is 6.40. The second kappa shape index (κ2) is 12.5. The Kier molecular flexibility index (Phi) is 9.43. The fourth-order valence-electron chi connectivity index (χ4n) is 4.51. The van der Waals surface area contributed by atoms with Crippen LogP contribution in [0.3, 0.4) is 0 Å². The van der Waals surface area contributed by atoms with Gasteiger partial charge in [-0.3, -0.25) is 9.59 Å². The normalized spacial score (nSPS) is 17.9. The summed E-state index contributed by atoms with van der Waals surface area (Å²) >= 11 is 0. The van der Waals surface area contributed by atoms with Crippen molar-refractivity contribution < 1.29 is 9.59 Å². The monoisotopic (exact) mass is 450 g/mol. The van der Waals surface area contributed by atoms with E-state index in [0.717, 1.165) is 38.2 Å². The zero-order valence-corrected chi connectivity index (χ0v) is 20.3. The van der Waals surface area contributed by atoms with E-state index in [1.54, 1.807) is 24.1 Å². The van der Waals surface area contributed by atoms with Crippen molar-refractivity contribution in [2.45, 2.75) is 66.0 Å². The van der Waals surface area contributed by atoms with E-state index in [0.29, 0.717) is 31.2 Å². The Morgan fingerprint density at radius 2 is 1.97 bits per heavy atom. The molecule has 1 saturated heterocycles. The van der Waals surface area contributed by atoms with Gasteiger partial charge in [0.1, 0.15) is 11.5 Å². The molecule has 0 radical (unpaired) electrons. The fraction of sp³-hybridized carbons (Fsp3) is 0.519. The lowest BCUT2D eigenvalue weighted by atomic mass is 9.99. The standard InChI is InChI=1S/C16H22N4O2.C11H16/c1-12(21)14-10-18-15-11-19(7-8-20(14)15)16(22)5-4-13-3-2-6-17-9-13;1-3-7-11-9-6-5-8-10(11)4-2/h4-5,10,13,17H,2-3,6-9,11H2,1H3;5-6,8-9H,3-4,7H2,1-2H3/b5-4+;. The molecule has 6 nitrogen and oxygen atoms in total. The molecule has 1 atom stereocenters. The highest BCUT2D eigenvalue weighted by Gasteiger charge is 2.23. The molecule has 1 N–H and O–H groups in total. The lowest BCUT2D eigenvalue weighted by Gasteiger charge is -2.27. The minimum atomic E-state index is 0.0169. The number of benzene rings is 1. The van der Waals surface area contributed by atoms with Gasteiger partial charge in [0.2, 0.25) is 5.91 Å². The number of aromatic nitrogens is 2. The molecule has 1 amide bonds. The van der Waals surface area contributed by atoms with Gasteiger partial charge in [-0.1, -0.05) is 50.6 Å². The number of carbonyl (C=O) groups is 2. The van der Waals surface area contributed by atoms with E-state index in [2.05, 4.69) is 48.4 Å². The summed E-state index contributed by atoms with van der Waals surface area (Å²) in [6.07, 6.45) is 11.3. The number of amides is 1. The summed E-state index contributed by atoms with van der Waals surface area (Å²) in [6.45, 7) is 9.75. The zero-order valence-electron chi connectivity index (χ0n) is 20.3. The third kappa shape index (κ3) is 6.87. The highest BCUT2D eigenvalue weighted by molar-refractivity contribution is 5.92. The van der Waals surface area contributed by atoms with E-state index >= 15 is 0 Å². The van der Waals surface area contributed by atoms with Crippen molar-refractivity contribution in [3.63, 3.8) is 0 Å². The molecule has 1 unspecified atom stereocenters. The van der Waals surface area contributed by atoms with Gasteiger partial charge >= 0.3 is 0 Å². The Bertz CT molecular complexity index is 957. The highest BCUT2D eigenvalue weighted by atomic mass is 16.2. The molecule has 1 aromatic carbocycles. The zero-order chi connectivity index (χ0) is 23.6. The van der Waals surface area contributed by atoms with Gasteiger partial charge in [0.15, 0.2) is 5.78 Å². The molecule has 6 heteroatoms. The number of piperidine rings is 1. The van der Waals surface area contributed by atoms with Crippen molar-refractivity contribution in [1.29, 1.82) is 0 Å². The molecular weight excluding hydrogens is 412 g/mol. The second-order valence-electron chi connectivity index (χ2n) is 8.87. The van der Waals surface area contributed by atoms with Gasteiger partial charge in [0, 0.05) is 26.6 Å². The number of fused-ring (bicyclic) bond motifs is 1. The summed E-state index contributed by atoms with van der Waals surface area (Å²) in [5.41, 5.74) is 3.66. The molecule has 3 heterocycles. The van der Waals surface area contributed by atoms with Crippen LogP contribution in [0.15, 0.2) is 42.6 Å². The molecule has 33 heavy (non-hydrogen) atoms. The van der Waals surface area contributed by atoms with E-state index in [1.807, 2.05) is 10.6 Å². The molecule has 2 aliphatic rings. The number of nitrogens with one attached hydrogen (secondary N) is 1. The Balaban J connectivity index is 0.000000235. The van der Waals surface area contributed by atoms with Gasteiger partial charge in [-0.25, -0.2) is 4.98 Å². The van der Waals surface area contributed by atoms with Crippen molar-refractivity contribution in [3.8, 4) is 0 Å². The van der Waals surface area contributed by atoms with E-state index in [4.69, 9.17) is 0 Å². The summed E-state index contributed by atoms with van der Waals surface area (Å²) in [5, 5.41) is 3.34. The Morgan fingerprint density at radius 3 is 2.64 bits per heavy atom. The van der Waals surface area contributed by atoms with Crippen LogP contribution in [0.4, 0.5) is 0 Å². The van der Waals surface area contributed by atoms with Crippen LogP contribution in [-0.4, -0.2) is 45.8 Å². The largest absolute Gasteiger partial charge is 0.330 e. The van der Waals surface area contributed by atoms with Crippen molar-refractivity contribution in [2.24, 2.45) is 5.92 Å². The predicted molar refractivity (Wildman–Crippen MR) is 132 cm³/mol. The molecule has 178 valence electrons. The number of Topliss-reactive ketones (excluding diaryl/α,β-unsaturated/α-hetero) is 1. The van der Waals surface area contributed by atoms with Crippen LogP contribution >= 0.6 is 0 Å². The van der Waals surface area contributed by atoms with E-state index in [1.165, 1.54) is 24.0 Å². The number of hydrogen-bond acceptors (Lipinski definition) is 4. The van der Waals surface area contributed by atoms with Gasteiger partial charge in [-0.05, 0) is 55.3 Å². The number of aryl methyl sites for hydroxylation is 2. The second-order valence-corrected chi connectivity index (χ2v) is 8.87. The van der Waals surface area contributed by atoms with Gasteiger partial charge < -0.3 is 14.8 Å². The maximum Gasteiger partial charge on any atom is 0.246 e. The van der Waals surface area contributed by atoms with Crippen LogP contribution in [0.2, 0.25) is 0 Å². The van der Waals surface area contributed by atoms with Crippen LogP contribution < -0.4 is 5.32 Å². The molecule has 2 aromatic rings. The Morgan fingerprint density at radius 1 is 1.18 bits per heavy atom. The number of carbonyl (C=O) groups excluding carboxylic acids is 2. The maximum atomic E-state index is 12.3. The first-order valence-electron chi connectivity index (χ1n) is 12.3. The van der Waals surface area contributed by atoms with Crippen molar-refractivity contribution in [1.82, 2.24) is 19.8 Å². The summed E-state index contributed by atoms with van der Waals surface area (Å²) < 4.78 is 1.92. The minimum absolute atomic E-state index is 0.0169. The van der Waals surface area contributed by atoms with E-state index in [-0.39, 0.29) is 11.7 Å². The highest BCUT2D eigenvalue weighted by Crippen LogP contribution is 2.16. The number of ketones is 1. The van der Waals surface area contributed by atoms with Gasteiger partial charge in [0.05, 0.1) is 12.7 Å². The molecule has 0 bridgehead atoms. The number of imidazole rings is 1. The predicted octanol–water partition coefficient (Wildman–Crippen LogP) is 4.19. The molecule has 0 aliphatic carbocycles. The number of nitrogens with zero attached hydrogens (tertiary/aromatic N) is 3. The van der Waals surface area contributed by atoms with Gasteiger partial charge in [-0.15, -0.1) is 0 Å². The fourth-order valence-corrected chi connectivity index (χ4v) is 4.51. The van der Waals surface area contributed by atoms with Crippen LogP contribution in [0.1, 0.15) is 67.5 Å². The first-order chi connectivity index (χ1) is 16.0. The van der Waals surface area contributed by atoms with Gasteiger partial charge in [-0.2, -0.15) is 0 Å². The molecule has 1 aromatic heterocycles. The van der Waals surface area contributed by atoms with Crippen LogP contribution in [0, 0.1) is 5.92 Å². The Labute approximate surface area is 198 Å². The lowest BCUT2D eigenvalue weighted by Crippen LogP contribution is -2.38. The molecular formula is C27H38N4O2. The average molecular weight is 451 g/mol. The van der Waals surface area contributed by atoms with Crippen molar-refractivity contribution in [2.75, 3.05) is 19.6 Å². The van der Waals surface area contributed by atoms with Crippen LogP contribution in [0.5, 0.6) is 0 Å². The molecule has 0 saturated carbocycles. The Hall–Kier alpha value is -2.73. The first-order valence-corrected chi connectivity index (χ1v) is 12.3.